The number of rotatable bonds is 5. The van der Waals surface area contributed by atoms with Crippen molar-refractivity contribution in [3.63, 3.8) is 0 Å². The predicted molar refractivity (Wildman–Crippen MR) is 113 cm³/mol. The molecule has 164 valence electrons. The van der Waals surface area contributed by atoms with Gasteiger partial charge in [0.05, 0.1) is 17.0 Å². The zero-order valence-corrected chi connectivity index (χ0v) is 17.2. The SMILES string of the molecule is C/C(=N/OCc1c(-n2nnn(C)c2=O)cccc1C(F)(F)F)c1ccc2ccccc2c1. The number of hydrogen-bond donors (Lipinski definition) is 0. The van der Waals surface area contributed by atoms with Gasteiger partial charge in [0.2, 0.25) is 0 Å². The molecule has 1 aromatic heterocycles. The van der Waals surface area contributed by atoms with E-state index in [1.807, 2.05) is 42.5 Å². The quantitative estimate of drug-likeness (QED) is 0.346. The fraction of sp³-hybridized carbons (Fsp3) is 0.182. The molecule has 0 N–H and O–H groups in total. The van der Waals surface area contributed by atoms with Crippen molar-refractivity contribution in [1.29, 1.82) is 0 Å². The van der Waals surface area contributed by atoms with E-state index in [0.29, 0.717) is 5.71 Å². The Morgan fingerprint density at radius 3 is 2.47 bits per heavy atom. The summed E-state index contributed by atoms with van der Waals surface area (Å²) in [5.41, 5.74) is -0.682. The second-order valence-electron chi connectivity index (χ2n) is 7.11. The third-order valence-electron chi connectivity index (χ3n) is 4.98. The lowest BCUT2D eigenvalue weighted by molar-refractivity contribution is -0.138. The van der Waals surface area contributed by atoms with Crippen molar-refractivity contribution < 1.29 is 18.0 Å². The molecule has 0 unspecified atom stereocenters. The highest BCUT2D eigenvalue weighted by Gasteiger charge is 2.35. The monoisotopic (exact) mass is 441 g/mol. The highest BCUT2D eigenvalue weighted by Crippen LogP contribution is 2.34. The lowest BCUT2D eigenvalue weighted by Crippen LogP contribution is -2.24. The number of aromatic nitrogens is 4. The van der Waals surface area contributed by atoms with Crippen molar-refractivity contribution in [2.45, 2.75) is 19.7 Å². The standard InChI is InChI=1S/C22H18F3N5O2/c1-14(16-11-10-15-6-3-4-7-17(15)12-16)26-32-13-18-19(22(23,24)25)8-5-9-20(18)30-21(31)29(2)27-28-30/h3-12H,13H2,1-2H3/b26-14-. The first-order chi connectivity index (χ1) is 15.3. The molecule has 7 nitrogen and oxygen atoms in total. The first kappa shape index (κ1) is 21.3. The summed E-state index contributed by atoms with van der Waals surface area (Å²) in [6.45, 7) is 1.19. The second kappa shape index (κ2) is 8.29. The van der Waals surface area contributed by atoms with Crippen molar-refractivity contribution in [2.75, 3.05) is 0 Å². The predicted octanol–water partition coefficient (Wildman–Crippen LogP) is 4.08. The lowest BCUT2D eigenvalue weighted by Gasteiger charge is -2.15. The molecule has 0 aliphatic heterocycles. The van der Waals surface area contributed by atoms with Crippen LogP contribution in [0.15, 0.2) is 70.6 Å². The minimum Gasteiger partial charge on any atom is -0.391 e. The summed E-state index contributed by atoms with van der Waals surface area (Å²) < 4.78 is 42.6. The normalized spacial score (nSPS) is 12.3. The van der Waals surface area contributed by atoms with Gasteiger partial charge in [0.15, 0.2) is 0 Å². The van der Waals surface area contributed by atoms with Crippen molar-refractivity contribution >= 4 is 16.5 Å². The topological polar surface area (TPSA) is 74.3 Å². The Hall–Kier alpha value is -3.95. The van der Waals surface area contributed by atoms with E-state index in [2.05, 4.69) is 15.6 Å². The van der Waals surface area contributed by atoms with Crippen molar-refractivity contribution in [3.05, 3.63) is 87.8 Å². The Balaban J connectivity index is 1.67. The molecule has 3 aromatic carbocycles. The largest absolute Gasteiger partial charge is 0.416 e. The molecule has 0 bridgehead atoms. The smallest absolute Gasteiger partial charge is 0.391 e. The van der Waals surface area contributed by atoms with E-state index in [4.69, 9.17) is 4.84 Å². The highest BCUT2D eigenvalue weighted by molar-refractivity contribution is 6.01. The second-order valence-corrected chi connectivity index (χ2v) is 7.11. The Kier molecular flexibility index (Phi) is 5.52. The molecule has 10 heteroatoms. The fourth-order valence-corrected chi connectivity index (χ4v) is 3.32. The minimum atomic E-state index is -4.66. The average Bonchev–Trinajstić information content (AvgIpc) is 3.10. The number of hydrogen-bond acceptors (Lipinski definition) is 5. The molecular formula is C22H18F3N5O2. The van der Waals surface area contributed by atoms with Crippen LogP contribution in [0, 0.1) is 0 Å². The van der Waals surface area contributed by atoms with E-state index >= 15 is 0 Å². The molecule has 0 fully saturated rings. The number of benzene rings is 3. The van der Waals surface area contributed by atoms with Crippen LogP contribution in [0.4, 0.5) is 13.2 Å². The summed E-state index contributed by atoms with van der Waals surface area (Å²) in [6.07, 6.45) is -4.66. The van der Waals surface area contributed by atoms with Gasteiger partial charge < -0.3 is 4.84 Å². The van der Waals surface area contributed by atoms with E-state index in [9.17, 15) is 18.0 Å². The number of aryl methyl sites for hydroxylation is 1. The van der Waals surface area contributed by atoms with E-state index in [1.165, 1.54) is 19.2 Å². The van der Waals surface area contributed by atoms with Gasteiger partial charge in [-0.05, 0) is 51.9 Å². The summed E-state index contributed by atoms with van der Waals surface area (Å²) >= 11 is 0. The molecule has 0 spiro atoms. The summed E-state index contributed by atoms with van der Waals surface area (Å²) in [6, 6.07) is 17.0. The molecule has 32 heavy (non-hydrogen) atoms. The van der Waals surface area contributed by atoms with Crippen molar-refractivity contribution in [1.82, 2.24) is 19.8 Å². The van der Waals surface area contributed by atoms with Crippen molar-refractivity contribution in [2.24, 2.45) is 12.2 Å². The maximum absolute atomic E-state index is 13.6. The van der Waals surface area contributed by atoms with E-state index < -0.39 is 24.0 Å². The fourth-order valence-electron chi connectivity index (χ4n) is 3.32. The Labute approximate surface area is 180 Å². The van der Waals surface area contributed by atoms with Gasteiger partial charge in [0.1, 0.15) is 6.61 Å². The molecule has 0 atom stereocenters. The first-order valence-electron chi connectivity index (χ1n) is 9.60. The number of alkyl halides is 3. The van der Waals surface area contributed by atoms with Crippen LogP contribution in [0.3, 0.4) is 0 Å². The molecule has 4 aromatic rings. The summed E-state index contributed by atoms with van der Waals surface area (Å²) in [4.78, 5) is 17.5. The van der Waals surface area contributed by atoms with Gasteiger partial charge in [-0.15, -0.1) is 0 Å². The van der Waals surface area contributed by atoms with Gasteiger partial charge >= 0.3 is 11.9 Å². The summed E-state index contributed by atoms with van der Waals surface area (Å²) in [5.74, 6) is 0. The number of nitrogens with zero attached hydrogens (tertiary/aromatic N) is 5. The van der Waals surface area contributed by atoms with Gasteiger partial charge in [0.25, 0.3) is 0 Å². The molecule has 0 amide bonds. The molecule has 1 heterocycles. The van der Waals surface area contributed by atoms with Crippen LogP contribution < -0.4 is 5.69 Å². The van der Waals surface area contributed by atoms with Gasteiger partial charge in [-0.1, -0.05) is 47.6 Å². The summed E-state index contributed by atoms with van der Waals surface area (Å²) in [7, 11) is 1.35. The van der Waals surface area contributed by atoms with Crippen LogP contribution in [-0.4, -0.2) is 25.5 Å². The van der Waals surface area contributed by atoms with Gasteiger partial charge in [-0.2, -0.15) is 22.5 Å². The zero-order valence-electron chi connectivity index (χ0n) is 17.2. The van der Waals surface area contributed by atoms with Crippen LogP contribution in [0.25, 0.3) is 16.5 Å². The van der Waals surface area contributed by atoms with E-state index in [0.717, 1.165) is 31.8 Å². The van der Waals surface area contributed by atoms with Crippen LogP contribution in [0.5, 0.6) is 0 Å². The molecule has 0 saturated carbocycles. The first-order valence-corrected chi connectivity index (χ1v) is 9.60. The summed E-state index contributed by atoms with van der Waals surface area (Å²) in [5, 5.41) is 13.3. The lowest BCUT2D eigenvalue weighted by atomic mass is 10.0. The van der Waals surface area contributed by atoms with Crippen molar-refractivity contribution in [3.8, 4) is 5.69 Å². The molecule has 0 aliphatic carbocycles. The average molecular weight is 441 g/mol. The van der Waals surface area contributed by atoms with Gasteiger partial charge in [-0.3, -0.25) is 0 Å². The third kappa shape index (κ3) is 4.11. The number of fused-ring (bicyclic) bond motifs is 1. The van der Waals surface area contributed by atoms with Crippen LogP contribution in [0.2, 0.25) is 0 Å². The minimum absolute atomic E-state index is 0.0727. The Morgan fingerprint density at radius 1 is 1.03 bits per heavy atom. The van der Waals surface area contributed by atoms with Crippen LogP contribution >= 0.6 is 0 Å². The Morgan fingerprint density at radius 2 is 1.78 bits per heavy atom. The maximum Gasteiger partial charge on any atom is 0.416 e. The molecule has 0 aliphatic rings. The molecule has 0 saturated heterocycles. The van der Waals surface area contributed by atoms with Crippen LogP contribution in [-0.2, 0) is 24.7 Å². The number of oxime groups is 1. The molecule has 4 rings (SSSR count). The van der Waals surface area contributed by atoms with E-state index in [1.54, 1.807) is 6.92 Å². The van der Waals surface area contributed by atoms with Gasteiger partial charge in [0, 0.05) is 12.6 Å². The molecular weight excluding hydrogens is 423 g/mol. The highest BCUT2D eigenvalue weighted by atomic mass is 19.4. The van der Waals surface area contributed by atoms with Gasteiger partial charge in [-0.25, -0.2) is 4.79 Å². The maximum atomic E-state index is 13.6. The van der Waals surface area contributed by atoms with Crippen LogP contribution in [0.1, 0.15) is 23.6 Å². The molecule has 0 radical (unpaired) electrons. The number of halogens is 3. The van der Waals surface area contributed by atoms with E-state index in [-0.39, 0.29) is 11.3 Å². The third-order valence-corrected chi connectivity index (χ3v) is 4.98. The Bertz CT molecular complexity index is 1370. The number of tetrazole rings is 1. The zero-order chi connectivity index (χ0) is 22.9.